The van der Waals surface area contributed by atoms with Gasteiger partial charge in [-0.15, -0.1) is 11.6 Å². The minimum atomic E-state index is 0.0828. The Bertz CT molecular complexity index is 528. The normalized spacial score (nSPS) is 36.7. The highest BCUT2D eigenvalue weighted by molar-refractivity contribution is 6.17. The van der Waals surface area contributed by atoms with Crippen molar-refractivity contribution < 1.29 is 4.79 Å². The van der Waals surface area contributed by atoms with E-state index in [0.29, 0.717) is 11.9 Å². The SMILES string of the molecule is O=C(NC1C2CC3CC(C2)CC1C3)c1cccc(CCl)c1. The minimum absolute atomic E-state index is 0.0828. The quantitative estimate of drug-likeness (QED) is 0.841. The zero-order valence-corrected chi connectivity index (χ0v) is 13.0. The number of carbonyl (C=O) groups excluding carboxylic acids is 1. The van der Waals surface area contributed by atoms with Crippen molar-refractivity contribution in [2.75, 3.05) is 0 Å². The Morgan fingerprint density at radius 2 is 1.76 bits per heavy atom. The van der Waals surface area contributed by atoms with Crippen LogP contribution >= 0.6 is 11.6 Å². The van der Waals surface area contributed by atoms with Crippen molar-refractivity contribution in [2.24, 2.45) is 23.7 Å². The summed E-state index contributed by atoms with van der Waals surface area (Å²) < 4.78 is 0. The number of halogens is 1. The number of hydrogen-bond acceptors (Lipinski definition) is 1. The van der Waals surface area contributed by atoms with Crippen LogP contribution in [-0.4, -0.2) is 11.9 Å². The van der Waals surface area contributed by atoms with Gasteiger partial charge in [-0.1, -0.05) is 12.1 Å². The summed E-state index contributed by atoms with van der Waals surface area (Å²) in [5, 5.41) is 3.35. The Kier molecular flexibility index (Phi) is 3.45. The molecule has 4 aliphatic carbocycles. The van der Waals surface area contributed by atoms with Gasteiger partial charge in [0, 0.05) is 17.5 Å². The molecule has 0 heterocycles. The van der Waals surface area contributed by atoms with Crippen LogP contribution in [0.5, 0.6) is 0 Å². The molecular formula is C18H22ClNO. The number of amides is 1. The van der Waals surface area contributed by atoms with Crippen molar-refractivity contribution in [2.45, 2.75) is 44.0 Å². The molecule has 1 N–H and O–H groups in total. The molecule has 0 unspecified atom stereocenters. The van der Waals surface area contributed by atoms with Crippen molar-refractivity contribution in [1.82, 2.24) is 5.32 Å². The van der Waals surface area contributed by atoms with Gasteiger partial charge < -0.3 is 5.32 Å². The first-order valence-corrected chi connectivity index (χ1v) is 8.72. The van der Waals surface area contributed by atoms with Crippen molar-refractivity contribution in [3.63, 3.8) is 0 Å². The average molecular weight is 304 g/mol. The fourth-order valence-electron chi connectivity index (χ4n) is 5.19. The highest BCUT2D eigenvalue weighted by Gasteiger charge is 2.48. The summed E-state index contributed by atoms with van der Waals surface area (Å²) in [6, 6.07) is 8.10. The molecule has 4 aliphatic rings. The Morgan fingerprint density at radius 3 is 2.38 bits per heavy atom. The van der Waals surface area contributed by atoms with E-state index in [2.05, 4.69) is 5.32 Å². The van der Waals surface area contributed by atoms with E-state index in [1.807, 2.05) is 24.3 Å². The minimum Gasteiger partial charge on any atom is -0.349 e. The van der Waals surface area contributed by atoms with Gasteiger partial charge in [0.1, 0.15) is 0 Å². The maximum Gasteiger partial charge on any atom is 0.251 e. The lowest BCUT2D eigenvalue weighted by Gasteiger charge is -2.54. The summed E-state index contributed by atoms with van der Waals surface area (Å²) in [4.78, 5) is 12.6. The molecule has 4 bridgehead atoms. The van der Waals surface area contributed by atoms with E-state index in [4.69, 9.17) is 11.6 Å². The molecule has 4 saturated carbocycles. The number of hydrogen-bond donors (Lipinski definition) is 1. The van der Waals surface area contributed by atoms with Crippen molar-refractivity contribution in [3.8, 4) is 0 Å². The van der Waals surface area contributed by atoms with Crippen LogP contribution in [0.3, 0.4) is 0 Å². The molecule has 4 fully saturated rings. The summed E-state index contributed by atoms with van der Waals surface area (Å²) in [7, 11) is 0. The maximum absolute atomic E-state index is 12.6. The van der Waals surface area contributed by atoms with E-state index < -0.39 is 0 Å². The molecule has 0 aromatic heterocycles. The van der Waals surface area contributed by atoms with Crippen molar-refractivity contribution >= 4 is 17.5 Å². The molecule has 21 heavy (non-hydrogen) atoms. The first-order chi connectivity index (χ1) is 10.2. The molecule has 0 radical (unpaired) electrons. The van der Waals surface area contributed by atoms with Crippen LogP contribution in [0.25, 0.3) is 0 Å². The molecule has 0 atom stereocenters. The predicted molar refractivity (Wildman–Crippen MR) is 84.3 cm³/mol. The zero-order chi connectivity index (χ0) is 14.4. The van der Waals surface area contributed by atoms with Gasteiger partial charge in [0.05, 0.1) is 0 Å². The Labute approximate surface area is 131 Å². The van der Waals surface area contributed by atoms with Gasteiger partial charge in [-0.05, 0) is 73.5 Å². The average Bonchev–Trinajstić information content (AvgIpc) is 2.50. The van der Waals surface area contributed by atoms with E-state index in [0.717, 1.165) is 34.8 Å². The topological polar surface area (TPSA) is 29.1 Å². The zero-order valence-electron chi connectivity index (χ0n) is 12.2. The third-order valence-electron chi connectivity index (χ3n) is 5.87. The third-order valence-corrected chi connectivity index (χ3v) is 6.18. The standard InChI is InChI=1S/C18H22ClNO/c19-10-11-2-1-3-14(5-11)18(21)20-17-15-6-12-4-13(8-15)9-16(17)7-12/h1-3,5,12-13,15-17H,4,6-10H2,(H,20,21). The van der Waals surface area contributed by atoms with Gasteiger partial charge in [0.15, 0.2) is 0 Å². The number of alkyl halides is 1. The van der Waals surface area contributed by atoms with Gasteiger partial charge in [0.25, 0.3) is 5.91 Å². The predicted octanol–water partition coefficient (Wildman–Crippen LogP) is 3.98. The highest BCUT2D eigenvalue weighted by atomic mass is 35.5. The second-order valence-electron chi connectivity index (χ2n) is 7.26. The van der Waals surface area contributed by atoms with Crippen LogP contribution in [0.2, 0.25) is 0 Å². The molecule has 112 valence electrons. The molecule has 1 amide bonds. The Hall–Kier alpha value is -1.02. The van der Waals surface area contributed by atoms with Crippen LogP contribution < -0.4 is 5.32 Å². The highest BCUT2D eigenvalue weighted by Crippen LogP contribution is 2.53. The summed E-state index contributed by atoms with van der Waals surface area (Å²) in [6.45, 7) is 0. The summed E-state index contributed by atoms with van der Waals surface area (Å²) in [5.74, 6) is 3.88. The van der Waals surface area contributed by atoms with Gasteiger partial charge in [-0.2, -0.15) is 0 Å². The number of benzene rings is 1. The second kappa shape index (κ2) is 5.31. The van der Waals surface area contributed by atoms with Crippen LogP contribution in [-0.2, 0) is 5.88 Å². The number of nitrogens with one attached hydrogen (secondary N) is 1. The van der Waals surface area contributed by atoms with Crippen LogP contribution in [0.4, 0.5) is 0 Å². The van der Waals surface area contributed by atoms with E-state index in [9.17, 15) is 4.79 Å². The molecule has 0 spiro atoms. The number of rotatable bonds is 3. The maximum atomic E-state index is 12.6. The second-order valence-corrected chi connectivity index (χ2v) is 7.53. The Morgan fingerprint density at radius 1 is 1.10 bits per heavy atom. The molecule has 5 rings (SSSR count). The van der Waals surface area contributed by atoms with Crippen LogP contribution in [0.1, 0.15) is 48.0 Å². The molecule has 3 heteroatoms. The van der Waals surface area contributed by atoms with Crippen molar-refractivity contribution in [3.05, 3.63) is 35.4 Å². The lowest BCUT2D eigenvalue weighted by atomic mass is 9.54. The summed E-state index contributed by atoms with van der Waals surface area (Å²) in [5.41, 5.74) is 1.76. The molecular weight excluding hydrogens is 282 g/mol. The summed E-state index contributed by atoms with van der Waals surface area (Å²) in [6.07, 6.45) is 6.78. The first-order valence-electron chi connectivity index (χ1n) is 8.18. The van der Waals surface area contributed by atoms with Gasteiger partial charge in [-0.25, -0.2) is 0 Å². The fraction of sp³-hybridized carbons (Fsp3) is 0.611. The lowest BCUT2D eigenvalue weighted by Crippen LogP contribution is -2.55. The van der Waals surface area contributed by atoms with E-state index in [1.54, 1.807) is 0 Å². The van der Waals surface area contributed by atoms with Crippen LogP contribution in [0.15, 0.2) is 24.3 Å². The van der Waals surface area contributed by atoms with Gasteiger partial charge in [0.2, 0.25) is 0 Å². The summed E-state index contributed by atoms with van der Waals surface area (Å²) >= 11 is 5.86. The Balaban J connectivity index is 1.49. The smallest absolute Gasteiger partial charge is 0.251 e. The molecule has 0 saturated heterocycles. The fourth-order valence-corrected chi connectivity index (χ4v) is 5.36. The number of carbonyl (C=O) groups is 1. The largest absolute Gasteiger partial charge is 0.349 e. The molecule has 0 aliphatic heterocycles. The van der Waals surface area contributed by atoms with E-state index in [1.165, 1.54) is 32.1 Å². The van der Waals surface area contributed by atoms with E-state index in [-0.39, 0.29) is 5.91 Å². The van der Waals surface area contributed by atoms with Crippen LogP contribution in [0, 0.1) is 23.7 Å². The monoisotopic (exact) mass is 303 g/mol. The van der Waals surface area contributed by atoms with Gasteiger partial charge >= 0.3 is 0 Å². The molecule has 1 aromatic rings. The van der Waals surface area contributed by atoms with E-state index >= 15 is 0 Å². The lowest BCUT2D eigenvalue weighted by molar-refractivity contribution is -0.0119. The van der Waals surface area contributed by atoms with Crippen molar-refractivity contribution in [1.29, 1.82) is 0 Å². The first kappa shape index (κ1) is 13.6. The third kappa shape index (κ3) is 2.48. The molecule has 1 aromatic carbocycles. The molecule has 2 nitrogen and oxygen atoms in total. The van der Waals surface area contributed by atoms with Gasteiger partial charge in [-0.3, -0.25) is 4.79 Å².